The van der Waals surface area contributed by atoms with Gasteiger partial charge in [0.15, 0.2) is 5.65 Å². The van der Waals surface area contributed by atoms with E-state index in [9.17, 15) is 22.8 Å². The van der Waals surface area contributed by atoms with E-state index in [1.807, 2.05) is 0 Å². The van der Waals surface area contributed by atoms with Gasteiger partial charge in [0.1, 0.15) is 17.9 Å². The summed E-state index contributed by atoms with van der Waals surface area (Å²) in [4.78, 5) is 43.3. The second-order valence-electron chi connectivity index (χ2n) is 8.69. The van der Waals surface area contributed by atoms with E-state index in [-0.39, 0.29) is 22.9 Å². The molecule has 0 saturated heterocycles. The number of hydrogen-bond donors (Lipinski definition) is 2. The van der Waals surface area contributed by atoms with Crippen molar-refractivity contribution in [3.05, 3.63) is 88.0 Å². The third-order valence-corrected chi connectivity index (χ3v) is 5.94. The number of amides is 1. The summed E-state index contributed by atoms with van der Waals surface area (Å²) in [5, 5.41) is 4.27. The van der Waals surface area contributed by atoms with Crippen LogP contribution in [0.3, 0.4) is 0 Å². The molecule has 0 aliphatic carbocycles. The Morgan fingerprint density at radius 3 is 2.67 bits per heavy atom. The number of hydrogen-bond acceptors (Lipinski definition) is 8. The number of carbonyl (C=O) groups excluding carboxylic acids is 1. The Kier molecular flexibility index (Phi) is 6.56. The van der Waals surface area contributed by atoms with Crippen molar-refractivity contribution in [2.45, 2.75) is 13.1 Å². The molecule has 0 unspecified atom stereocenters. The summed E-state index contributed by atoms with van der Waals surface area (Å²) in [6.45, 7) is 2.14. The molecule has 0 fully saturated rings. The van der Waals surface area contributed by atoms with Gasteiger partial charge in [-0.1, -0.05) is 12.1 Å². The van der Waals surface area contributed by atoms with E-state index in [0.717, 1.165) is 12.1 Å². The van der Waals surface area contributed by atoms with Crippen LogP contribution < -0.4 is 16.3 Å². The van der Waals surface area contributed by atoms with Gasteiger partial charge >= 0.3 is 6.18 Å². The molecule has 0 saturated carbocycles. The summed E-state index contributed by atoms with van der Waals surface area (Å²) < 4.78 is 40.5. The molecule has 0 bridgehead atoms. The average Bonchev–Trinajstić information content (AvgIpc) is 2.92. The minimum atomic E-state index is -4.57. The minimum absolute atomic E-state index is 0.107. The van der Waals surface area contributed by atoms with Gasteiger partial charge in [-0.2, -0.15) is 18.2 Å². The number of halogens is 3. The summed E-state index contributed by atoms with van der Waals surface area (Å²) in [5.74, 6) is -0.470. The Bertz CT molecular complexity index is 1710. The molecule has 13 heteroatoms. The maximum absolute atomic E-state index is 13.3. The second-order valence-corrected chi connectivity index (χ2v) is 8.69. The van der Waals surface area contributed by atoms with E-state index < -0.39 is 23.2 Å². The van der Waals surface area contributed by atoms with Gasteiger partial charge in [0.25, 0.3) is 11.5 Å². The molecule has 2 aromatic carbocycles. The van der Waals surface area contributed by atoms with Gasteiger partial charge in [-0.25, -0.2) is 9.97 Å². The molecule has 0 atom stereocenters. The van der Waals surface area contributed by atoms with E-state index in [1.54, 1.807) is 55.7 Å². The Morgan fingerprint density at radius 2 is 1.92 bits per heavy atom. The van der Waals surface area contributed by atoms with Gasteiger partial charge in [-0.15, -0.1) is 0 Å². The summed E-state index contributed by atoms with van der Waals surface area (Å²) >= 11 is 0. The zero-order valence-corrected chi connectivity index (χ0v) is 20.7. The first kappa shape index (κ1) is 25.6. The number of anilines is 2. The highest BCUT2D eigenvalue weighted by molar-refractivity contribution is 6.04. The number of aliphatic imine (C=N–C) groups is 1. The Morgan fingerprint density at radius 1 is 1.10 bits per heavy atom. The van der Waals surface area contributed by atoms with Crippen LogP contribution in [0.1, 0.15) is 21.5 Å². The van der Waals surface area contributed by atoms with Gasteiger partial charge in [-0.3, -0.25) is 29.6 Å². The van der Waals surface area contributed by atoms with Gasteiger partial charge in [0, 0.05) is 36.3 Å². The lowest BCUT2D eigenvalue weighted by atomic mass is 10.0. The molecule has 3 heterocycles. The lowest BCUT2D eigenvalue weighted by Crippen LogP contribution is -2.28. The van der Waals surface area contributed by atoms with Crippen LogP contribution in [0.5, 0.6) is 0 Å². The molecule has 1 amide bonds. The number of allylic oxidation sites excluding steroid dienone is 1. The van der Waals surface area contributed by atoms with Gasteiger partial charge in [-0.05, 0) is 48.9 Å². The lowest BCUT2D eigenvalue weighted by molar-refractivity contribution is -0.137. The number of fused-ring (bicyclic) bond motifs is 1. The van der Waals surface area contributed by atoms with Crippen LogP contribution in [-0.4, -0.2) is 43.3 Å². The highest BCUT2D eigenvalue weighted by Crippen LogP contribution is 2.30. The van der Waals surface area contributed by atoms with Crippen molar-refractivity contribution in [2.24, 2.45) is 12.0 Å². The molecular weight excluding hydrogens is 513 g/mol. The molecule has 2 N–H and O–H groups in total. The van der Waals surface area contributed by atoms with Crippen molar-refractivity contribution in [3.8, 4) is 11.3 Å². The zero-order valence-electron chi connectivity index (χ0n) is 20.7. The first-order chi connectivity index (χ1) is 18.6. The second kappa shape index (κ2) is 10.0. The molecule has 0 spiro atoms. The standard InChI is InChI=1S/C26H21F3N8O2/c1-15-7-8-18(32-23(38)16-5-3-6-17(11-16)26(27,28)29)12-19(15)21-24(39)36(2)22-20(33-21)13-31-25(34-22)35-37-10-4-9-30-14-37/h3-13H,14H2,1-2H3,(H,32,38)(H,31,34,35). The molecule has 39 heavy (non-hydrogen) atoms. The number of aromatic nitrogens is 4. The molecule has 5 rings (SSSR count). The molecule has 0 radical (unpaired) electrons. The van der Waals surface area contributed by atoms with Crippen molar-refractivity contribution in [3.63, 3.8) is 0 Å². The van der Waals surface area contributed by atoms with Crippen LogP contribution in [0, 0.1) is 6.92 Å². The van der Waals surface area contributed by atoms with Gasteiger partial charge < -0.3 is 5.32 Å². The van der Waals surface area contributed by atoms with E-state index in [0.29, 0.717) is 29.0 Å². The Labute approximate surface area is 219 Å². The molecule has 4 aromatic rings. The van der Waals surface area contributed by atoms with Crippen molar-refractivity contribution in [2.75, 3.05) is 17.4 Å². The molecule has 198 valence electrons. The summed E-state index contributed by atoms with van der Waals surface area (Å²) in [6, 6.07) is 8.96. The topological polar surface area (TPSA) is 117 Å². The normalized spacial score (nSPS) is 13.1. The van der Waals surface area contributed by atoms with Crippen LogP contribution in [0.25, 0.3) is 22.4 Å². The van der Waals surface area contributed by atoms with Crippen molar-refractivity contribution < 1.29 is 18.0 Å². The Balaban J connectivity index is 1.45. The average molecular weight is 535 g/mol. The van der Waals surface area contributed by atoms with Gasteiger partial charge in [0.2, 0.25) is 5.95 Å². The minimum Gasteiger partial charge on any atom is -0.322 e. The SMILES string of the molecule is Cc1ccc(NC(=O)c2cccc(C(F)(F)F)c2)cc1-c1nc2cnc(NN3C=CC=NC3)nc2n(C)c1=O. The smallest absolute Gasteiger partial charge is 0.322 e. The fourth-order valence-electron chi connectivity index (χ4n) is 3.93. The number of aryl methyl sites for hydroxylation is 2. The molecule has 2 aromatic heterocycles. The van der Waals surface area contributed by atoms with Gasteiger partial charge in [0.05, 0.1) is 11.8 Å². The number of benzene rings is 2. The van der Waals surface area contributed by atoms with Crippen LogP contribution >= 0.6 is 0 Å². The van der Waals surface area contributed by atoms with E-state index >= 15 is 0 Å². The van der Waals surface area contributed by atoms with Crippen molar-refractivity contribution in [1.82, 2.24) is 24.5 Å². The molecule has 1 aliphatic heterocycles. The third kappa shape index (κ3) is 5.32. The van der Waals surface area contributed by atoms with Crippen molar-refractivity contribution in [1.29, 1.82) is 0 Å². The highest BCUT2D eigenvalue weighted by atomic mass is 19.4. The number of nitrogens with zero attached hydrogens (tertiary/aromatic N) is 6. The van der Waals surface area contributed by atoms with Crippen LogP contribution in [0.2, 0.25) is 0 Å². The number of alkyl halides is 3. The largest absolute Gasteiger partial charge is 0.416 e. The zero-order chi connectivity index (χ0) is 27.7. The number of rotatable bonds is 5. The van der Waals surface area contributed by atoms with E-state index in [4.69, 9.17) is 0 Å². The highest BCUT2D eigenvalue weighted by Gasteiger charge is 2.31. The third-order valence-electron chi connectivity index (χ3n) is 5.94. The monoisotopic (exact) mass is 534 g/mol. The van der Waals surface area contributed by atoms with Crippen LogP contribution in [-0.2, 0) is 13.2 Å². The lowest BCUT2D eigenvalue weighted by Gasteiger charge is -2.20. The quantitative estimate of drug-likeness (QED) is 0.395. The summed E-state index contributed by atoms with van der Waals surface area (Å²) in [5.41, 5.74) is 3.69. The summed E-state index contributed by atoms with van der Waals surface area (Å²) in [6.07, 6.45) is 2.10. The predicted octanol–water partition coefficient (Wildman–Crippen LogP) is 4.15. The van der Waals surface area contributed by atoms with Crippen LogP contribution in [0.15, 0.2) is 70.7 Å². The maximum atomic E-state index is 13.3. The fourth-order valence-corrected chi connectivity index (χ4v) is 3.93. The molecule has 10 nitrogen and oxygen atoms in total. The fraction of sp³-hybridized carbons (Fsp3) is 0.154. The first-order valence-electron chi connectivity index (χ1n) is 11.6. The van der Waals surface area contributed by atoms with Crippen LogP contribution in [0.4, 0.5) is 24.8 Å². The molecule has 1 aliphatic rings. The Hall–Kier alpha value is -5.07. The molecular formula is C26H21F3N8O2. The van der Waals surface area contributed by atoms with E-state index in [2.05, 4.69) is 30.7 Å². The van der Waals surface area contributed by atoms with Crippen molar-refractivity contribution >= 4 is 34.9 Å². The maximum Gasteiger partial charge on any atom is 0.416 e. The number of hydrazine groups is 1. The summed E-state index contributed by atoms with van der Waals surface area (Å²) in [7, 11) is 1.56. The number of nitrogens with one attached hydrogen (secondary N) is 2. The number of carbonyl (C=O) groups is 1. The predicted molar refractivity (Wildman–Crippen MR) is 140 cm³/mol. The van der Waals surface area contributed by atoms with E-state index in [1.165, 1.54) is 22.9 Å². The first-order valence-corrected chi connectivity index (χ1v) is 11.6.